The van der Waals surface area contributed by atoms with Gasteiger partial charge in [-0.25, -0.2) is 4.39 Å². The molecule has 64 valence electrons. The van der Waals surface area contributed by atoms with E-state index in [1.165, 1.54) is 6.92 Å². The molecule has 12 heavy (non-hydrogen) atoms. The lowest BCUT2D eigenvalue weighted by atomic mass is 10.2. The molecule has 0 unspecified atom stereocenters. The van der Waals surface area contributed by atoms with Gasteiger partial charge in [0.2, 0.25) is 0 Å². The summed E-state index contributed by atoms with van der Waals surface area (Å²) in [6.45, 7) is 1.46. The lowest BCUT2D eigenvalue weighted by Gasteiger charge is -1.97. The Hall–Kier alpha value is -1.16. The molecule has 0 aliphatic heterocycles. The van der Waals surface area contributed by atoms with Crippen LogP contribution in [0.25, 0.3) is 0 Å². The van der Waals surface area contributed by atoms with Gasteiger partial charge in [0.05, 0.1) is 9.95 Å². The molecule has 0 amide bonds. The fourth-order valence-corrected chi connectivity index (χ4v) is 0.990. The maximum Gasteiger partial charge on any atom is 0.273 e. The van der Waals surface area contributed by atoms with Crippen LogP contribution in [0, 0.1) is 22.9 Å². The molecular weight excluding hydrogens is 185 g/mol. The number of nitro groups is 1. The first-order valence-electron chi connectivity index (χ1n) is 3.12. The maximum atomic E-state index is 12.7. The Bertz CT molecular complexity index is 340. The fourth-order valence-electron chi connectivity index (χ4n) is 0.832. The number of rotatable bonds is 1. The minimum atomic E-state index is -0.639. The van der Waals surface area contributed by atoms with Crippen molar-refractivity contribution in [3.05, 3.63) is 38.7 Å². The first-order chi connectivity index (χ1) is 5.52. The third-order valence-corrected chi connectivity index (χ3v) is 1.73. The van der Waals surface area contributed by atoms with Gasteiger partial charge in [-0.05, 0) is 13.0 Å². The monoisotopic (exact) mass is 189 g/mol. The van der Waals surface area contributed by atoms with E-state index >= 15 is 0 Å². The second kappa shape index (κ2) is 3.06. The van der Waals surface area contributed by atoms with Gasteiger partial charge in [-0.3, -0.25) is 10.1 Å². The number of hydrogen-bond acceptors (Lipinski definition) is 2. The van der Waals surface area contributed by atoms with Crippen LogP contribution in [0.15, 0.2) is 12.1 Å². The van der Waals surface area contributed by atoms with E-state index in [1.54, 1.807) is 0 Å². The number of nitrogens with zero attached hydrogens (tertiary/aromatic N) is 1. The van der Waals surface area contributed by atoms with Crippen LogP contribution in [-0.2, 0) is 0 Å². The van der Waals surface area contributed by atoms with Crippen molar-refractivity contribution in [2.24, 2.45) is 0 Å². The average molecular weight is 190 g/mol. The van der Waals surface area contributed by atoms with Gasteiger partial charge >= 0.3 is 0 Å². The summed E-state index contributed by atoms with van der Waals surface area (Å²) in [4.78, 5) is 9.71. The van der Waals surface area contributed by atoms with Gasteiger partial charge in [-0.1, -0.05) is 11.6 Å². The van der Waals surface area contributed by atoms with Crippen LogP contribution in [0.5, 0.6) is 0 Å². The van der Waals surface area contributed by atoms with Crippen LogP contribution in [0.3, 0.4) is 0 Å². The van der Waals surface area contributed by atoms with Gasteiger partial charge in [-0.2, -0.15) is 0 Å². The summed E-state index contributed by atoms with van der Waals surface area (Å²) in [5.74, 6) is -0.639. The molecule has 0 aliphatic rings. The van der Waals surface area contributed by atoms with Crippen molar-refractivity contribution in [1.29, 1.82) is 0 Å². The molecule has 0 aliphatic carbocycles. The number of nitro benzene ring substituents is 1. The van der Waals surface area contributed by atoms with Crippen LogP contribution < -0.4 is 0 Å². The zero-order chi connectivity index (χ0) is 9.30. The third kappa shape index (κ3) is 1.53. The summed E-state index contributed by atoms with van der Waals surface area (Å²) in [7, 11) is 0. The summed E-state index contributed by atoms with van der Waals surface area (Å²) in [6.07, 6.45) is 0. The largest absolute Gasteiger partial charge is 0.273 e. The van der Waals surface area contributed by atoms with E-state index in [4.69, 9.17) is 11.6 Å². The Morgan fingerprint density at radius 1 is 1.58 bits per heavy atom. The molecule has 0 atom stereocenters. The lowest BCUT2D eigenvalue weighted by Crippen LogP contribution is -1.92. The Morgan fingerprint density at radius 2 is 2.17 bits per heavy atom. The molecule has 0 saturated heterocycles. The average Bonchev–Trinajstić information content (AvgIpc) is 1.96. The second-order valence-electron chi connectivity index (χ2n) is 2.31. The van der Waals surface area contributed by atoms with Gasteiger partial charge < -0.3 is 0 Å². The van der Waals surface area contributed by atoms with Crippen molar-refractivity contribution in [2.45, 2.75) is 6.92 Å². The van der Waals surface area contributed by atoms with E-state index in [1.807, 2.05) is 0 Å². The Kier molecular flexibility index (Phi) is 2.28. The molecule has 0 aromatic heterocycles. The van der Waals surface area contributed by atoms with Gasteiger partial charge in [0.1, 0.15) is 5.82 Å². The SMILES string of the molecule is Cc1cc(F)c(Cl)cc1[N+](=O)[O-]. The van der Waals surface area contributed by atoms with Crippen molar-refractivity contribution < 1.29 is 9.31 Å². The van der Waals surface area contributed by atoms with Crippen LogP contribution in [0.4, 0.5) is 10.1 Å². The molecule has 1 aromatic rings. The standard InChI is InChI=1S/C7H5ClFNO2/c1-4-2-6(9)5(8)3-7(4)10(11)12/h2-3H,1H3. The van der Waals surface area contributed by atoms with E-state index in [2.05, 4.69) is 0 Å². The van der Waals surface area contributed by atoms with E-state index in [9.17, 15) is 14.5 Å². The third-order valence-electron chi connectivity index (χ3n) is 1.44. The fraction of sp³-hybridized carbons (Fsp3) is 0.143. The molecule has 0 saturated carbocycles. The van der Waals surface area contributed by atoms with Crippen molar-refractivity contribution in [3.63, 3.8) is 0 Å². The highest BCUT2D eigenvalue weighted by Crippen LogP contribution is 2.24. The number of halogens is 2. The van der Waals surface area contributed by atoms with Crippen molar-refractivity contribution in [3.8, 4) is 0 Å². The number of aryl methyl sites for hydroxylation is 1. The quantitative estimate of drug-likeness (QED) is 0.504. The normalized spacial score (nSPS) is 9.92. The van der Waals surface area contributed by atoms with E-state index < -0.39 is 10.7 Å². The lowest BCUT2D eigenvalue weighted by molar-refractivity contribution is -0.385. The Morgan fingerprint density at radius 3 is 2.67 bits per heavy atom. The Labute approximate surface area is 72.9 Å². The minimum absolute atomic E-state index is 0.165. The highest BCUT2D eigenvalue weighted by molar-refractivity contribution is 6.31. The molecule has 0 heterocycles. The molecule has 3 nitrogen and oxygen atoms in total. The number of hydrogen-bond donors (Lipinski definition) is 0. The van der Waals surface area contributed by atoms with Crippen LogP contribution in [-0.4, -0.2) is 4.92 Å². The predicted molar refractivity (Wildman–Crippen MR) is 42.8 cm³/mol. The Balaban J connectivity index is 3.33. The van der Waals surface area contributed by atoms with Crippen LogP contribution in [0.2, 0.25) is 5.02 Å². The molecule has 5 heteroatoms. The van der Waals surface area contributed by atoms with Gasteiger partial charge in [0.15, 0.2) is 0 Å². The van der Waals surface area contributed by atoms with Crippen molar-refractivity contribution in [2.75, 3.05) is 0 Å². The highest BCUT2D eigenvalue weighted by Gasteiger charge is 2.13. The number of benzene rings is 1. The predicted octanol–water partition coefficient (Wildman–Crippen LogP) is 2.70. The molecule has 0 radical (unpaired) electrons. The smallest absolute Gasteiger partial charge is 0.258 e. The van der Waals surface area contributed by atoms with E-state index in [0.29, 0.717) is 0 Å². The summed E-state index contributed by atoms with van der Waals surface area (Å²) in [5.41, 5.74) is 0.100. The molecule has 1 rings (SSSR count). The summed E-state index contributed by atoms with van der Waals surface area (Å²) in [5, 5.41) is 10.1. The van der Waals surface area contributed by atoms with Crippen LogP contribution in [0.1, 0.15) is 5.56 Å². The van der Waals surface area contributed by atoms with Gasteiger partial charge in [-0.15, -0.1) is 0 Å². The second-order valence-corrected chi connectivity index (χ2v) is 2.72. The van der Waals surface area contributed by atoms with Crippen LogP contribution >= 0.6 is 11.6 Å². The molecule has 0 fully saturated rings. The first kappa shape index (κ1) is 8.93. The van der Waals surface area contributed by atoms with E-state index in [0.717, 1.165) is 12.1 Å². The topological polar surface area (TPSA) is 43.1 Å². The minimum Gasteiger partial charge on any atom is -0.258 e. The summed E-state index contributed by atoms with van der Waals surface area (Å²) in [6, 6.07) is 2.05. The molecular formula is C7H5ClFNO2. The van der Waals surface area contributed by atoms with Gasteiger partial charge in [0, 0.05) is 11.6 Å². The molecule has 0 bridgehead atoms. The first-order valence-corrected chi connectivity index (χ1v) is 3.50. The molecule has 0 N–H and O–H groups in total. The zero-order valence-electron chi connectivity index (χ0n) is 6.17. The zero-order valence-corrected chi connectivity index (χ0v) is 6.93. The highest BCUT2D eigenvalue weighted by atomic mass is 35.5. The van der Waals surface area contributed by atoms with E-state index in [-0.39, 0.29) is 16.3 Å². The summed E-state index contributed by atoms with van der Waals surface area (Å²) < 4.78 is 12.7. The van der Waals surface area contributed by atoms with Crippen molar-refractivity contribution >= 4 is 17.3 Å². The molecule has 0 spiro atoms. The summed E-state index contributed by atoms with van der Waals surface area (Å²) >= 11 is 5.35. The molecule has 1 aromatic carbocycles. The van der Waals surface area contributed by atoms with Crippen molar-refractivity contribution in [1.82, 2.24) is 0 Å². The van der Waals surface area contributed by atoms with Gasteiger partial charge in [0.25, 0.3) is 5.69 Å². The maximum absolute atomic E-state index is 12.7.